The molecular formula is C15H23N3S2. The molecule has 0 aliphatic carbocycles. The van der Waals surface area contributed by atoms with Crippen molar-refractivity contribution in [2.75, 3.05) is 13.1 Å². The predicted octanol–water partition coefficient (Wildman–Crippen LogP) is 4.20. The molecule has 0 unspecified atom stereocenters. The molecule has 1 aromatic heterocycles. The Morgan fingerprint density at radius 1 is 1.15 bits per heavy atom. The summed E-state index contributed by atoms with van der Waals surface area (Å²) < 4.78 is 0.950. The van der Waals surface area contributed by atoms with E-state index >= 15 is 0 Å². The minimum atomic E-state index is 0.341. The maximum atomic E-state index is 5.54. The molecule has 0 bridgehead atoms. The second-order valence-electron chi connectivity index (χ2n) is 5.86. The first-order valence-corrected chi connectivity index (χ1v) is 8.55. The summed E-state index contributed by atoms with van der Waals surface area (Å²) in [4.78, 5) is 11.6. The average molecular weight is 310 g/mol. The number of thiocarbonyl (C=S) groups is 1. The first kappa shape index (κ1) is 15.7. The Kier molecular flexibility index (Phi) is 5.38. The van der Waals surface area contributed by atoms with Crippen molar-refractivity contribution in [2.24, 2.45) is 0 Å². The molecular weight excluding hydrogens is 286 g/mol. The van der Waals surface area contributed by atoms with Crippen molar-refractivity contribution in [2.45, 2.75) is 57.4 Å². The first-order valence-electron chi connectivity index (χ1n) is 7.33. The van der Waals surface area contributed by atoms with Gasteiger partial charge >= 0.3 is 0 Å². The van der Waals surface area contributed by atoms with Crippen LogP contribution in [0.5, 0.6) is 0 Å². The van der Waals surface area contributed by atoms with E-state index in [0.717, 1.165) is 34.0 Å². The quantitative estimate of drug-likeness (QED) is 0.474. The van der Waals surface area contributed by atoms with E-state index in [4.69, 9.17) is 12.2 Å². The Labute approximate surface area is 131 Å². The van der Waals surface area contributed by atoms with Crippen LogP contribution >= 0.6 is 24.0 Å². The third kappa shape index (κ3) is 3.92. The summed E-state index contributed by atoms with van der Waals surface area (Å²) in [6, 6.07) is 2.09. The molecule has 0 aromatic carbocycles. The zero-order valence-electron chi connectivity index (χ0n) is 12.7. The van der Waals surface area contributed by atoms with E-state index in [1.165, 1.54) is 12.8 Å². The Balaban J connectivity index is 2.19. The van der Waals surface area contributed by atoms with Gasteiger partial charge in [-0.2, -0.15) is 0 Å². The highest BCUT2D eigenvalue weighted by Crippen LogP contribution is 2.26. The summed E-state index contributed by atoms with van der Waals surface area (Å²) in [7, 11) is 0. The molecule has 0 amide bonds. The molecule has 5 heteroatoms. The smallest absolute Gasteiger partial charge is 0.142 e. The highest BCUT2D eigenvalue weighted by Gasteiger charge is 2.18. The topological polar surface area (TPSA) is 29.0 Å². The van der Waals surface area contributed by atoms with Crippen LogP contribution in [0.3, 0.4) is 0 Å². The van der Waals surface area contributed by atoms with E-state index in [9.17, 15) is 0 Å². The summed E-state index contributed by atoms with van der Waals surface area (Å²) in [5, 5.41) is 0.990. The maximum absolute atomic E-state index is 5.54. The normalized spacial score (nSPS) is 15.4. The van der Waals surface area contributed by atoms with Crippen LogP contribution in [-0.2, 0) is 0 Å². The fraction of sp³-hybridized carbons (Fsp3) is 0.667. The molecule has 110 valence electrons. The summed E-state index contributed by atoms with van der Waals surface area (Å²) in [6.45, 7) is 10.8. The van der Waals surface area contributed by atoms with Crippen molar-refractivity contribution in [3.63, 3.8) is 0 Å². The standard InChI is InChI=1S/C15H23N3S2/c1-10(2)12-9-13(17-14(16-12)11(3)4)20-15(19)18-7-5-6-8-18/h9-11H,5-8H2,1-4H3. The van der Waals surface area contributed by atoms with Gasteiger partial charge < -0.3 is 4.90 Å². The number of nitrogens with zero attached hydrogens (tertiary/aromatic N) is 3. The van der Waals surface area contributed by atoms with E-state index in [0.29, 0.717) is 11.8 Å². The van der Waals surface area contributed by atoms with Crippen LogP contribution in [0.1, 0.15) is 63.9 Å². The van der Waals surface area contributed by atoms with Crippen LogP contribution < -0.4 is 0 Å². The molecule has 0 radical (unpaired) electrons. The lowest BCUT2D eigenvalue weighted by Gasteiger charge is -2.18. The predicted molar refractivity (Wildman–Crippen MR) is 89.5 cm³/mol. The third-order valence-electron chi connectivity index (χ3n) is 3.40. The molecule has 1 saturated heterocycles. The lowest BCUT2D eigenvalue weighted by atomic mass is 10.1. The van der Waals surface area contributed by atoms with Crippen molar-refractivity contribution < 1.29 is 0 Å². The minimum absolute atomic E-state index is 0.341. The van der Waals surface area contributed by atoms with Crippen LogP contribution in [0.15, 0.2) is 11.1 Å². The SMILES string of the molecule is CC(C)c1cc(SC(=S)N2CCCC2)nc(C(C)C)n1. The summed E-state index contributed by atoms with van der Waals surface area (Å²) >= 11 is 7.15. The molecule has 1 aliphatic rings. The number of thioether (sulfide) groups is 1. The molecule has 1 fully saturated rings. The molecule has 0 saturated carbocycles. The summed E-state index contributed by atoms with van der Waals surface area (Å²) in [5.41, 5.74) is 1.11. The fourth-order valence-corrected chi connectivity index (χ4v) is 3.37. The van der Waals surface area contributed by atoms with E-state index in [1.807, 2.05) is 0 Å². The highest BCUT2D eigenvalue weighted by molar-refractivity contribution is 8.22. The summed E-state index contributed by atoms with van der Waals surface area (Å²) in [6.07, 6.45) is 2.50. The number of aromatic nitrogens is 2. The van der Waals surface area contributed by atoms with Crippen molar-refractivity contribution >= 4 is 28.3 Å². The van der Waals surface area contributed by atoms with Crippen molar-refractivity contribution in [3.8, 4) is 0 Å². The number of likely N-dealkylation sites (tertiary alicyclic amines) is 1. The Bertz CT molecular complexity index is 454. The zero-order chi connectivity index (χ0) is 14.7. The van der Waals surface area contributed by atoms with Gasteiger partial charge in [0, 0.05) is 24.7 Å². The molecule has 0 atom stereocenters. The van der Waals surface area contributed by atoms with Gasteiger partial charge in [-0.3, -0.25) is 0 Å². The third-order valence-corrected chi connectivity index (χ3v) is 4.76. The molecule has 3 nitrogen and oxygen atoms in total. The van der Waals surface area contributed by atoms with Crippen LogP contribution in [-0.4, -0.2) is 32.3 Å². The second kappa shape index (κ2) is 6.85. The Morgan fingerprint density at radius 2 is 1.80 bits per heavy atom. The lowest BCUT2D eigenvalue weighted by molar-refractivity contribution is 0.539. The van der Waals surface area contributed by atoms with Gasteiger partial charge in [-0.1, -0.05) is 39.9 Å². The Morgan fingerprint density at radius 3 is 2.35 bits per heavy atom. The van der Waals surface area contributed by atoms with E-state index in [1.54, 1.807) is 11.8 Å². The van der Waals surface area contributed by atoms with Gasteiger partial charge in [0.15, 0.2) is 0 Å². The summed E-state index contributed by atoms with van der Waals surface area (Å²) in [5.74, 6) is 1.67. The van der Waals surface area contributed by atoms with Gasteiger partial charge in [0.25, 0.3) is 0 Å². The molecule has 0 spiro atoms. The second-order valence-corrected chi connectivity index (χ2v) is 7.51. The van der Waals surface area contributed by atoms with Gasteiger partial charge in [-0.15, -0.1) is 0 Å². The Hall–Kier alpha value is -0.680. The molecule has 1 aliphatic heterocycles. The van der Waals surface area contributed by atoms with Crippen molar-refractivity contribution in [3.05, 3.63) is 17.6 Å². The largest absolute Gasteiger partial charge is 0.357 e. The van der Waals surface area contributed by atoms with E-state index in [2.05, 4.69) is 48.6 Å². The fourth-order valence-electron chi connectivity index (χ4n) is 2.12. The van der Waals surface area contributed by atoms with Crippen LogP contribution in [0.25, 0.3) is 0 Å². The van der Waals surface area contributed by atoms with E-state index in [-0.39, 0.29) is 0 Å². The first-order chi connectivity index (χ1) is 9.47. The molecule has 20 heavy (non-hydrogen) atoms. The van der Waals surface area contributed by atoms with Crippen LogP contribution in [0.2, 0.25) is 0 Å². The van der Waals surface area contributed by atoms with Crippen molar-refractivity contribution in [1.82, 2.24) is 14.9 Å². The number of rotatable bonds is 3. The van der Waals surface area contributed by atoms with Gasteiger partial charge in [0.1, 0.15) is 15.2 Å². The van der Waals surface area contributed by atoms with Gasteiger partial charge in [-0.05, 0) is 36.6 Å². The average Bonchev–Trinajstić information content (AvgIpc) is 2.92. The minimum Gasteiger partial charge on any atom is -0.357 e. The zero-order valence-corrected chi connectivity index (χ0v) is 14.4. The van der Waals surface area contributed by atoms with Crippen LogP contribution in [0.4, 0.5) is 0 Å². The molecule has 2 rings (SSSR count). The van der Waals surface area contributed by atoms with Crippen molar-refractivity contribution in [1.29, 1.82) is 0 Å². The number of hydrogen-bond donors (Lipinski definition) is 0. The molecule has 1 aromatic rings. The maximum Gasteiger partial charge on any atom is 0.142 e. The van der Waals surface area contributed by atoms with Gasteiger partial charge in [0.2, 0.25) is 0 Å². The van der Waals surface area contributed by atoms with Crippen LogP contribution in [0, 0.1) is 0 Å². The monoisotopic (exact) mass is 309 g/mol. The lowest BCUT2D eigenvalue weighted by Crippen LogP contribution is -2.23. The molecule has 0 N–H and O–H groups in total. The van der Waals surface area contributed by atoms with Gasteiger partial charge in [-0.25, -0.2) is 9.97 Å². The van der Waals surface area contributed by atoms with Gasteiger partial charge in [0.05, 0.1) is 0 Å². The number of hydrogen-bond acceptors (Lipinski definition) is 4. The highest BCUT2D eigenvalue weighted by atomic mass is 32.2. The van der Waals surface area contributed by atoms with E-state index < -0.39 is 0 Å². The molecule has 2 heterocycles.